The van der Waals surface area contributed by atoms with Crippen LogP contribution < -0.4 is 5.73 Å². The van der Waals surface area contributed by atoms with Crippen LogP contribution in [0.2, 0.25) is 0 Å². The van der Waals surface area contributed by atoms with Crippen LogP contribution in [-0.2, 0) is 0 Å². The largest absolute Gasteiger partial charge is 0.334 e. The zero-order valence-corrected chi connectivity index (χ0v) is 11.2. The summed E-state index contributed by atoms with van der Waals surface area (Å²) in [5.74, 6) is -4.80. The van der Waals surface area contributed by atoms with Gasteiger partial charge in [-0.05, 0) is 30.9 Å². The summed E-state index contributed by atoms with van der Waals surface area (Å²) < 4.78 is 39.8. The Kier molecular flexibility index (Phi) is 4.32. The topological polar surface area (TPSA) is 46.3 Å². The molecule has 110 valence electrons. The number of carbonyl (C=O) groups excluding carboxylic acids is 1. The first-order valence-electron chi connectivity index (χ1n) is 6.62. The molecule has 1 heterocycles. The highest BCUT2D eigenvalue weighted by Crippen LogP contribution is 2.25. The van der Waals surface area contributed by atoms with E-state index in [-0.39, 0.29) is 18.5 Å². The Labute approximate surface area is 115 Å². The van der Waals surface area contributed by atoms with Crippen molar-refractivity contribution in [3.8, 4) is 0 Å². The molecule has 0 spiro atoms. The van der Waals surface area contributed by atoms with E-state index >= 15 is 0 Å². The van der Waals surface area contributed by atoms with E-state index in [1.165, 1.54) is 4.90 Å². The van der Waals surface area contributed by atoms with E-state index in [1.54, 1.807) is 0 Å². The number of hydrogen-bond donors (Lipinski definition) is 1. The van der Waals surface area contributed by atoms with Crippen LogP contribution in [0.25, 0.3) is 0 Å². The summed E-state index contributed by atoms with van der Waals surface area (Å²) in [5.41, 5.74) is 5.22. The second-order valence-electron chi connectivity index (χ2n) is 5.14. The number of hydrogen-bond acceptors (Lipinski definition) is 2. The van der Waals surface area contributed by atoms with Gasteiger partial charge < -0.3 is 10.6 Å². The van der Waals surface area contributed by atoms with E-state index in [4.69, 9.17) is 5.73 Å². The van der Waals surface area contributed by atoms with Crippen LogP contribution in [0.3, 0.4) is 0 Å². The summed E-state index contributed by atoms with van der Waals surface area (Å²) in [6.45, 7) is 2.68. The average Bonchev–Trinajstić information content (AvgIpc) is 2.44. The van der Waals surface area contributed by atoms with Crippen LogP contribution in [0.1, 0.15) is 30.1 Å². The third-order valence-electron chi connectivity index (χ3n) is 3.88. The predicted molar refractivity (Wildman–Crippen MR) is 68.6 cm³/mol. The summed E-state index contributed by atoms with van der Waals surface area (Å²) in [6, 6.07) is 1.53. The summed E-state index contributed by atoms with van der Waals surface area (Å²) in [6.07, 6.45) is 1.72. The van der Waals surface area contributed by atoms with E-state index in [0.717, 1.165) is 25.0 Å². The third-order valence-corrected chi connectivity index (χ3v) is 3.88. The molecule has 2 N–H and O–H groups in total. The van der Waals surface area contributed by atoms with E-state index in [9.17, 15) is 18.0 Å². The van der Waals surface area contributed by atoms with Crippen LogP contribution in [-0.4, -0.2) is 29.9 Å². The lowest BCUT2D eigenvalue weighted by molar-refractivity contribution is 0.0526. The molecule has 1 amide bonds. The summed E-state index contributed by atoms with van der Waals surface area (Å²) in [4.78, 5) is 13.8. The number of carbonyl (C=O) groups is 1. The highest BCUT2D eigenvalue weighted by molar-refractivity contribution is 5.94. The fourth-order valence-electron chi connectivity index (χ4n) is 2.71. The van der Waals surface area contributed by atoms with Gasteiger partial charge in [0.15, 0.2) is 17.5 Å². The summed E-state index contributed by atoms with van der Waals surface area (Å²) in [5, 5.41) is 0. The van der Waals surface area contributed by atoms with Crippen LogP contribution in [0.5, 0.6) is 0 Å². The lowest BCUT2D eigenvalue weighted by Gasteiger charge is -2.39. The van der Waals surface area contributed by atoms with Crippen LogP contribution in [0.15, 0.2) is 12.1 Å². The number of nitrogens with zero attached hydrogens (tertiary/aromatic N) is 1. The van der Waals surface area contributed by atoms with Gasteiger partial charge in [0, 0.05) is 19.1 Å². The number of halogens is 3. The molecule has 1 aliphatic heterocycles. The van der Waals surface area contributed by atoms with Crippen molar-refractivity contribution in [3.05, 3.63) is 35.1 Å². The van der Waals surface area contributed by atoms with E-state index in [0.29, 0.717) is 6.54 Å². The zero-order valence-electron chi connectivity index (χ0n) is 11.2. The first-order valence-corrected chi connectivity index (χ1v) is 6.62. The second-order valence-corrected chi connectivity index (χ2v) is 5.14. The van der Waals surface area contributed by atoms with Gasteiger partial charge in [-0.1, -0.05) is 6.92 Å². The lowest BCUT2D eigenvalue weighted by atomic mass is 9.90. The van der Waals surface area contributed by atoms with Gasteiger partial charge >= 0.3 is 0 Å². The second kappa shape index (κ2) is 5.83. The minimum Gasteiger partial charge on any atom is -0.334 e. The minimum atomic E-state index is -1.62. The molecular formula is C14H17F3N2O. The van der Waals surface area contributed by atoms with Crippen LogP contribution >= 0.6 is 0 Å². The number of likely N-dealkylation sites (tertiary alicyclic amines) is 1. The molecule has 1 aliphatic rings. The van der Waals surface area contributed by atoms with Gasteiger partial charge in [0.05, 0.1) is 5.56 Å². The fraction of sp³-hybridized carbons (Fsp3) is 0.500. The van der Waals surface area contributed by atoms with Gasteiger partial charge in [-0.15, -0.1) is 0 Å². The third kappa shape index (κ3) is 2.52. The Balaban J connectivity index is 2.33. The maximum absolute atomic E-state index is 13.7. The van der Waals surface area contributed by atoms with Crippen molar-refractivity contribution in [3.63, 3.8) is 0 Å². The van der Waals surface area contributed by atoms with Gasteiger partial charge in [-0.2, -0.15) is 0 Å². The normalized spacial score (nSPS) is 22.9. The molecule has 3 nitrogen and oxygen atoms in total. The quantitative estimate of drug-likeness (QED) is 0.848. The maximum atomic E-state index is 13.7. The molecule has 2 rings (SSSR count). The molecule has 0 saturated carbocycles. The first-order chi connectivity index (χ1) is 9.47. The molecule has 2 atom stereocenters. The molecule has 0 radical (unpaired) electrons. The first kappa shape index (κ1) is 14.8. The summed E-state index contributed by atoms with van der Waals surface area (Å²) in [7, 11) is 0. The van der Waals surface area contributed by atoms with Crippen molar-refractivity contribution < 1.29 is 18.0 Å². The number of piperidine rings is 1. The molecule has 6 heteroatoms. The molecule has 1 saturated heterocycles. The highest BCUT2D eigenvalue weighted by atomic mass is 19.2. The Morgan fingerprint density at radius 3 is 2.70 bits per heavy atom. The van der Waals surface area contributed by atoms with Crippen molar-refractivity contribution in [1.82, 2.24) is 4.90 Å². The Bertz CT molecular complexity index is 521. The van der Waals surface area contributed by atoms with E-state index in [1.807, 2.05) is 6.92 Å². The average molecular weight is 286 g/mol. The van der Waals surface area contributed by atoms with Crippen molar-refractivity contribution in [1.29, 1.82) is 0 Å². The molecule has 0 aromatic heterocycles. The van der Waals surface area contributed by atoms with Crippen molar-refractivity contribution >= 4 is 5.91 Å². The maximum Gasteiger partial charge on any atom is 0.257 e. The van der Waals surface area contributed by atoms with Crippen LogP contribution in [0.4, 0.5) is 13.2 Å². The number of amides is 1. The van der Waals surface area contributed by atoms with Crippen LogP contribution in [0, 0.1) is 23.4 Å². The molecule has 1 aromatic carbocycles. The zero-order chi connectivity index (χ0) is 14.9. The Morgan fingerprint density at radius 2 is 2.05 bits per heavy atom. The molecule has 0 unspecified atom stereocenters. The monoisotopic (exact) mass is 286 g/mol. The molecule has 20 heavy (non-hydrogen) atoms. The summed E-state index contributed by atoms with van der Waals surface area (Å²) >= 11 is 0. The van der Waals surface area contributed by atoms with Gasteiger partial charge in [-0.3, -0.25) is 4.79 Å². The lowest BCUT2D eigenvalue weighted by Crippen LogP contribution is -2.51. The van der Waals surface area contributed by atoms with Crippen molar-refractivity contribution in [2.24, 2.45) is 11.7 Å². The highest BCUT2D eigenvalue weighted by Gasteiger charge is 2.33. The molecular weight excluding hydrogens is 269 g/mol. The van der Waals surface area contributed by atoms with E-state index in [2.05, 4.69) is 0 Å². The SMILES string of the molecule is C[C@H]1CCCN(C(=O)c2ccc(F)c(F)c2F)[C@H]1CN. The molecule has 0 bridgehead atoms. The smallest absolute Gasteiger partial charge is 0.257 e. The van der Waals surface area contributed by atoms with E-state index < -0.39 is 28.9 Å². The van der Waals surface area contributed by atoms with Crippen molar-refractivity contribution in [2.45, 2.75) is 25.8 Å². The standard InChI is InChI=1S/C14H17F3N2O/c1-8-3-2-6-19(11(8)7-18)14(20)9-4-5-10(15)13(17)12(9)16/h4-5,8,11H,2-3,6-7,18H2,1H3/t8-,11-/m0/s1. The molecule has 1 aromatic rings. The van der Waals surface area contributed by atoms with Gasteiger partial charge in [0.1, 0.15) is 0 Å². The van der Waals surface area contributed by atoms with Gasteiger partial charge in [-0.25, -0.2) is 13.2 Å². The van der Waals surface area contributed by atoms with Gasteiger partial charge in [0.2, 0.25) is 0 Å². The Hall–Kier alpha value is -1.56. The minimum absolute atomic E-state index is 0.200. The predicted octanol–water partition coefficient (Wildman–Crippen LogP) is 2.30. The van der Waals surface area contributed by atoms with Crippen molar-refractivity contribution in [2.75, 3.05) is 13.1 Å². The van der Waals surface area contributed by atoms with Gasteiger partial charge in [0.25, 0.3) is 5.91 Å². The number of benzene rings is 1. The number of nitrogens with two attached hydrogens (primary N) is 1. The fourth-order valence-corrected chi connectivity index (χ4v) is 2.71. The Morgan fingerprint density at radius 1 is 1.35 bits per heavy atom. The molecule has 1 fully saturated rings. The number of rotatable bonds is 2. The molecule has 0 aliphatic carbocycles.